The molecule has 0 saturated carbocycles. The molecule has 0 aliphatic carbocycles. The Morgan fingerprint density at radius 2 is 2.16 bits per heavy atom. The Bertz CT molecular complexity index is 726. The van der Waals surface area contributed by atoms with Crippen molar-refractivity contribution in [3.63, 3.8) is 0 Å². The lowest BCUT2D eigenvalue weighted by atomic mass is 10.3. The van der Waals surface area contributed by atoms with Crippen molar-refractivity contribution in [2.45, 2.75) is 4.90 Å². The lowest BCUT2D eigenvalue weighted by Gasteiger charge is -2.07. The predicted octanol–water partition coefficient (Wildman–Crippen LogP) is 0.0287. The maximum atomic E-state index is 13.0. The maximum absolute atomic E-state index is 13.0. The van der Waals surface area contributed by atoms with Crippen LogP contribution in [-0.2, 0) is 10.0 Å². The van der Waals surface area contributed by atoms with Gasteiger partial charge in [0, 0.05) is 6.20 Å². The van der Waals surface area contributed by atoms with E-state index in [-0.39, 0.29) is 22.1 Å². The van der Waals surface area contributed by atoms with E-state index < -0.39 is 15.8 Å². The van der Waals surface area contributed by atoms with Crippen molar-refractivity contribution in [2.24, 2.45) is 5.73 Å². The van der Waals surface area contributed by atoms with E-state index in [0.29, 0.717) is 0 Å². The molecule has 8 nitrogen and oxygen atoms in total. The third-order valence-corrected chi connectivity index (χ3v) is 3.47. The van der Waals surface area contributed by atoms with Gasteiger partial charge in [0.25, 0.3) is 10.0 Å². The highest BCUT2D eigenvalue weighted by molar-refractivity contribution is 7.92. The van der Waals surface area contributed by atoms with E-state index >= 15 is 0 Å². The van der Waals surface area contributed by atoms with Crippen molar-refractivity contribution in [2.75, 3.05) is 4.72 Å². The lowest BCUT2D eigenvalue weighted by molar-refractivity contribution is 0.592. The quantitative estimate of drug-likeness (QED) is 0.463. The first-order valence-corrected chi connectivity index (χ1v) is 6.39. The molecular formula is C9H9FN6O2S. The Labute approximate surface area is 107 Å². The van der Waals surface area contributed by atoms with Gasteiger partial charge in [0.05, 0.1) is 18.0 Å². The predicted molar refractivity (Wildman–Crippen MR) is 64.6 cm³/mol. The van der Waals surface area contributed by atoms with Gasteiger partial charge in [0.2, 0.25) is 0 Å². The van der Waals surface area contributed by atoms with Gasteiger partial charge in [-0.25, -0.2) is 12.8 Å². The number of aromatic amines is 1. The summed E-state index contributed by atoms with van der Waals surface area (Å²) in [6.45, 7) is 0. The molecule has 2 aromatic heterocycles. The minimum Gasteiger partial charge on any atom is -0.384 e. The van der Waals surface area contributed by atoms with E-state index in [2.05, 4.69) is 19.9 Å². The molecule has 0 aromatic carbocycles. The van der Waals surface area contributed by atoms with Crippen LogP contribution in [0.2, 0.25) is 0 Å². The standard InChI is InChI=1S/C9H9FN6O2S/c10-5-1-6(3-13-2-5)19(17,18)16-9-7(8(11)12)4-14-15-9/h1-4H,(H3,11,12)(H2,14,15,16). The molecule has 0 aliphatic rings. The number of sulfonamides is 1. The van der Waals surface area contributed by atoms with E-state index in [1.54, 1.807) is 0 Å². The number of aromatic nitrogens is 3. The Balaban J connectivity index is 2.37. The molecule has 0 saturated heterocycles. The number of amidine groups is 1. The van der Waals surface area contributed by atoms with Gasteiger partial charge in [-0.1, -0.05) is 0 Å². The molecule has 0 atom stereocenters. The zero-order valence-electron chi connectivity index (χ0n) is 9.38. The number of rotatable bonds is 4. The third-order valence-electron chi connectivity index (χ3n) is 2.16. The van der Waals surface area contributed by atoms with Crippen molar-refractivity contribution >= 4 is 21.7 Å². The fourth-order valence-corrected chi connectivity index (χ4v) is 2.31. The molecular weight excluding hydrogens is 275 g/mol. The monoisotopic (exact) mass is 284 g/mol. The molecule has 2 heterocycles. The summed E-state index contributed by atoms with van der Waals surface area (Å²) in [5.74, 6) is -1.21. The van der Waals surface area contributed by atoms with Crippen molar-refractivity contribution < 1.29 is 12.8 Å². The molecule has 100 valence electrons. The average Bonchev–Trinajstić information content (AvgIpc) is 2.76. The van der Waals surface area contributed by atoms with Crippen LogP contribution in [0.3, 0.4) is 0 Å². The zero-order valence-corrected chi connectivity index (χ0v) is 10.2. The van der Waals surface area contributed by atoms with Crippen LogP contribution in [0.25, 0.3) is 0 Å². The summed E-state index contributed by atoms with van der Waals surface area (Å²) >= 11 is 0. The van der Waals surface area contributed by atoms with Crippen molar-refractivity contribution in [3.05, 3.63) is 36.0 Å². The fraction of sp³-hybridized carbons (Fsp3) is 0. The van der Waals surface area contributed by atoms with Gasteiger partial charge < -0.3 is 5.73 Å². The van der Waals surface area contributed by atoms with Crippen molar-refractivity contribution in [1.82, 2.24) is 15.2 Å². The van der Waals surface area contributed by atoms with Crippen LogP contribution < -0.4 is 10.5 Å². The number of hydrogen-bond acceptors (Lipinski definition) is 5. The van der Waals surface area contributed by atoms with Crippen LogP contribution in [0.4, 0.5) is 10.2 Å². The molecule has 19 heavy (non-hydrogen) atoms. The first-order valence-electron chi connectivity index (χ1n) is 4.91. The van der Waals surface area contributed by atoms with Crippen LogP contribution in [0.5, 0.6) is 0 Å². The minimum atomic E-state index is -4.04. The SMILES string of the molecule is N=C(N)c1cn[nH]c1NS(=O)(=O)c1cncc(F)c1. The number of nitrogen functional groups attached to an aromatic ring is 1. The van der Waals surface area contributed by atoms with E-state index in [9.17, 15) is 12.8 Å². The second-order valence-corrected chi connectivity index (χ2v) is 5.20. The maximum Gasteiger partial charge on any atom is 0.264 e. The van der Waals surface area contributed by atoms with E-state index in [1.807, 2.05) is 0 Å². The molecule has 10 heteroatoms. The van der Waals surface area contributed by atoms with Crippen molar-refractivity contribution in [1.29, 1.82) is 5.41 Å². The highest BCUT2D eigenvalue weighted by atomic mass is 32.2. The summed E-state index contributed by atoms with van der Waals surface area (Å²) in [6.07, 6.45) is 3.08. The highest BCUT2D eigenvalue weighted by Gasteiger charge is 2.19. The highest BCUT2D eigenvalue weighted by Crippen LogP contribution is 2.17. The first kappa shape index (κ1) is 13.0. The number of nitrogens with one attached hydrogen (secondary N) is 3. The smallest absolute Gasteiger partial charge is 0.264 e. The van der Waals surface area contributed by atoms with Crippen LogP contribution in [0.1, 0.15) is 5.56 Å². The number of pyridine rings is 1. The second kappa shape index (κ2) is 4.65. The molecule has 5 N–H and O–H groups in total. The molecule has 2 rings (SSSR count). The molecule has 0 unspecified atom stereocenters. The van der Waals surface area contributed by atoms with Gasteiger partial charge in [0.1, 0.15) is 22.4 Å². The third kappa shape index (κ3) is 2.68. The normalized spacial score (nSPS) is 11.2. The molecule has 0 radical (unpaired) electrons. The largest absolute Gasteiger partial charge is 0.384 e. The molecule has 0 fully saturated rings. The second-order valence-electron chi connectivity index (χ2n) is 3.52. The van der Waals surface area contributed by atoms with Crippen LogP contribution in [0.15, 0.2) is 29.6 Å². The van der Waals surface area contributed by atoms with E-state index in [4.69, 9.17) is 11.1 Å². The first-order chi connectivity index (χ1) is 8.90. The number of halogens is 1. The summed E-state index contributed by atoms with van der Waals surface area (Å²) in [5.41, 5.74) is 5.35. The number of hydrogen-bond donors (Lipinski definition) is 4. The summed E-state index contributed by atoms with van der Waals surface area (Å²) in [4.78, 5) is 3.10. The van der Waals surface area contributed by atoms with E-state index in [1.165, 1.54) is 6.20 Å². The topological polar surface area (TPSA) is 138 Å². The van der Waals surface area contributed by atoms with E-state index in [0.717, 1.165) is 18.5 Å². The Morgan fingerprint density at radius 1 is 1.42 bits per heavy atom. The van der Waals surface area contributed by atoms with Crippen LogP contribution in [-0.4, -0.2) is 29.4 Å². The molecule has 0 amide bonds. The number of nitrogens with zero attached hydrogens (tertiary/aromatic N) is 2. The van der Waals surface area contributed by atoms with Gasteiger partial charge in [0.15, 0.2) is 0 Å². The van der Waals surface area contributed by atoms with Crippen LogP contribution in [0, 0.1) is 11.2 Å². The van der Waals surface area contributed by atoms with Gasteiger partial charge in [-0.05, 0) is 6.07 Å². The molecule has 2 aromatic rings. The Kier molecular flexibility index (Phi) is 3.17. The molecule has 0 bridgehead atoms. The fourth-order valence-electron chi connectivity index (χ4n) is 1.30. The summed E-state index contributed by atoms with van der Waals surface area (Å²) in [5, 5.41) is 13.2. The average molecular weight is 284 g/mol. The Morgan fingerprint density at radius 3 is 2.79 bits per heavy atom. The van der Waals surface area contributed by atoms with Crippen molar-refractivity contribution in [3.8, 4) is 0 Å². The van der Waals surface area contributed by atoms with Gasteiger partial charge in [-0.2, -0.15) is 5.10 Å². The number of H-pyrrole nitrogens is 1. The Hall–Kier alpha value is -2.49. The molecule has 0 spiro atoms. The summed E-state index contributed by atoms with van der Waals surface area (Å²) < 4.78 is 39.0. The minimum absolute atomic E-state index is 0.0724. The van der Waals surface area contributed by atoms with Gasteiger partial charge in [-0.15, -0.1) is 0 Å². The van der Waals surface area contributed by atoms with Gasteiger partial charge >= 0.3 is 0 Å². The zero-order chi connectivity index (χ0) is 14.0. The number of nitrogens with two attached hydrogens (primary N) is 1. The molecule has 0 aliphatic heterocycles. The van der Waals surface area contributed by atoms with Gasteiger partial charge in [-0.3, -0.25) is 20.2 Å². The number of anilines is 1. The lowest BCUT2D eigenvalue weighted by Crippen LogP contribution is -2.18. The summed E-state index contributed by atoms with van der Waals surface area (Å²) in [7, 11) is -4.04. The van der Waals surface area contributed by atoms with Crippen LogP contribution >= 0.6 is 0 Å². The summed E-state index contributed by atoms with van der Waals surface area (Å²) in [6, 6.07) is 0.819.